The van der Waals surface area contributed by atoms with Crippen LogP contribution < -0.4 is 10.6 Å². The number of nitrogens with zero attached hydrogens (tertiary/aromatic N) is 2. The summed E-state index contributed by atoms with van der Waals surface area (Å²) in [7, 11) is 0. The molecule has 2 fully saturated rings. The zero-order valence-corrected chi connectivity index (χ0v) is 11.5. The Hall–Kier alpha value is -1.95. The van der Waals surface area contributed by atoms with Crippen molar-refractivity contribution in [1.82, 2.24) is 20.5 Å². The molecule has 106 valence electrons. The fourth-order valence-corrected chi connectivity index (χ4v) is 2.87. The van der Waals surface area contributed by atoms with Gasteiger partial charge in [0, 0.05) is 25.8 Å². The van der Waals surface area contributed by atoms with Crippen molar-refractivity contribution in [3.63, 3.8) is 0 Å². The Labute approximate surface area is 117 Å². The summed E-state index contributed by atoms with van der Waals surface area (Å²) in [5, 5.41) is 5.10. The van der Waals surface area contributed by atoms with E-state index in [2.05, 4.69) is 33.5 Å². The number of carbonyl (C=O) groups excluding carboxylic acids is 2. The largest absolute Gasteiger partial charge is 0.323 e. The lowest BCUT2D eigenvalue weighted by Gasteiger charge is -2.36. The molecule has 3 amide bonds. The number of hydrogen-bond acceptors (Lipinski definition) is 4. The summed E-state index contributed by atoms with van der Waals surface area (Å²) in [4.78, 5) is 29.8. The number of rotatable bonds is 2. The van der Waals surface area contributed by atoms with Crippen LogP contribution in [0.4, 0.5) is 4.79 Å². The van der Waals surface area contributed by atoms with E-state index in [-0.39, 0.29) is 11.9 Å². The van der Waals surface area contributed by atoms with E-state index in [0.717, 1.165) is 25.3 Å². The van der Waals surface area contributed by atoms with Gasteiger partial charge in [-0.2, -0.15) is 0 Å². The number of carbonyl (C=O) groups is 2. The highest BCUT2D eigenvalue weighted by Gasteiger charge is 2.47. The predicted molar refractivity (Wildman–Crippen MR) is 72.9 cm³/mol. The standard InChI is InChI=1S/C14H18N4O2/c1-10-3-2-6-15-11(10)9-18-7-4-14(5-8-18)12(19)16-13(20)17-14/h2-3,6H,4-5,7-9H2,1H3,(H2,16,17,19,20). The lowest BCUT2D eigenvalue weighted by molar-refractivity contribution is -0.125. The summed E-state index contributed by atoms with van der Waals surface area (Å²) in [6, 6.07) is 3.62. The number of imide groups is 1. The van der Waals surface area contributed by atoms with Gasteiger partial charge in [-0.1, -0.05) is 6.07 Å². The number of piperidine rings is 1. The van der Waals surface area contributed by atoms with E-state index in [1.165, 1.54) is 5.56 Å². The lowest BCUT2D eigenvalue weighted by atomic mass is 9.87. The van der Waals surface area contributed by atoms with Crippen molar-refractivity contribution >= 4 is 11.9 Å². The molecule has 1 aromatic rings. The third-order valence-corrected chi connectivity index (χ3v) is 4.22. The van der Waals surface area contributed by atoms with Gasteiger partial charge in [-0.3, -0.25) is 20.0 Å². The third kappa shape index (κ3) is 2.27. The van der Waals surface area contributed by atoms with Gasteiger partial charge >= 0.3 is 6.03 Å². The molecule has 0 unspecified atom stereocenters. The van der Waals surface area contributed by atoms with E-state index in [1.54, 1.807) is 6.20 Å². The summed E-state index contributed by atoms with van der Waals surface area (Å²) in [6.07, 6.45) is 3.10. The number of aromatic nitrogens is 1. The summed E-state index contributed by atoms with van der Waals surface area (Å²) in [6.45, 7) is 4.41. The number of urea groups is 1. The molecule has 20 heavy (non-hydrogen) atoms. The number of aryl methyl sites for hydroxylation is 1. The van der Waals surface area contributed by atoms with Crippen molar-refractivity contribution in [2.75, 3.05) is 13.1 Å². The Balaban J connectivity index is 1.63. The van der Waals surface area contributed by atoms with E-state index >= 15 is 0 Å². The maximum Gasteiger partial charge on any atom is 0.322 e. The second-order valence-corrected chi connectivity index (χ2v) is 5.53. The summed E-state index contributed by atoms with van der Waals surface area (Å²) in [5.41, 5.74) is 1.57. The third-order valence-electron chi connectivity index (χ3n) is 4.22. The molecule has 1 aromatic heterocycles. The zero-order chi connectivity index (χ0) is 14.2. The van der Waals surface area contributed by atoms with Gasteiger partial charge in [0.15, 0.2) is 0 Å². The van der Waals surface area contributed by atoms with Crippen LogP contribution in [0.3, 0.4) is 0 Å². The molecule has 6 nitrogen and oxygen atoms in total. The smallest absolute Gasteiger partial charge is 0.322 e. The van der Waals surface area contributed by atoms with Crippen molar-refractivity contribution in [1.29, 1.82) is 0 Å². The maximum atomic E-state index is 11.9. The molecule has 0 bridgehead atoms. The number of likely N-dealkylation sites (tertiary alicyclic amines) is 1. The molecule has 0 atom stereocenters. The molecule has 3 rings (SSSR count). The fourth-order valence-electron chi connectivity index (χ4n) is 2.87. The van der Waals surface area contributed by atoms with E-state index in [9.17, 15) is 9.59 Å². The van der Waals surface area contributed by atoms with Gasteiger partial charge in [-0.05, 0) is 31.4 Å². The van der Waals surface area contributed by atoms with Crippen LogP contribution in [0.25, 0.3) is 0 Å². The average molecular weight is 274 g/mol. The molecule has 1 spiro atoms. The number of pyridine rings is 1. The van der Waals surface area contributed by atoms with Gasteiger partial charge < -0.3 is 5.32 Å². The Bertz CT molecular complexity index is 550. The minimum absolute atomic E-state index is 0.184. The topological polar surface area (TPSA) is 74.3 Å². The van der Waals surface area contributed by atoms with Gasteiger partial charge in [0.25, 0.3) is 5.91 Å². The quantitative estimate of drug-likeness (QED) is 0.773. The fraction of sp³-hybridized carbons (Fsp3) is 0.500. The first-order valence-corrected chi connectivity index (χ1v) is 6.85. The second-order valence-electron chi connectivity index (χ2n) is 5.53. The molecule has 2 aliphatic heterocycles. The van der Waals surface area contributed by atoms with E-state index in [1.807, 2.05) is 6.07 Å². The number of hydrogen-bond donors (Lipinski definition) is 2. The van der Waals surface area contributed by atoms with Gasteiger partial charge in [0.1, 0.15) is 5.54 Å². The first-order chi connectivity index (χ1) is 9.59. The van der Waals surface area contributed by atoms with Gasteiger partial charge in [0.2, 0.25) is 0 Å². The van der Waals surface area contributed by atoms with Crippen LogP contribution in [-0.2, 0) is 11.3 Å². The molecule has 0 saturated carbocycles. The number of nitrogens with one attached hydrogen (secondary N) is 2. The average Bonchev–Trinajstić information content (AvgIpc) is 2.70. The second kappa shape index (κ2) is 4.86. The minimum atomic E-state index is -0.688. The van der Waals surface area contributed by atoms with Crippen molar-refractivity contribution in [2.24, 2.45) is 0 Å². The Morgan fingerprint density at radius 3 is 2.70 bits per heavy atom. The SMILES string of the molecule is Cc1cccnc1CN1CCC2(CC1)NC(=O)NC2=O. The van der Waals surface area contributed by atoms with Gasteiger partial charge in [-0.15, -0.1) is 0 Å². The Morgan fingerprint density at radius 2 is 2.10 bits per heavy atom. The zero-order valence-electron chi connectivity index (χ0n) is 11.5. The van der Waals surface area contributed by atoms with Crippen LogP contribution in [0.5, 0.6) is 0 Å². The summed E-state index contributed by atoms with van der Waals surface area (Å²) in [5.74, 6) is -0.184. The van der Waals surface area contributed by atoms with E-state index in [0.29, 0.717) is 12.8 Å². The van der Waals surface area contributed by atoms with E-state index < -0.39 is 5.54 Å². The van der Waals surface area contributed by atoms with Crippen LogP contribution in [0.15, 0.2) is 18.3 Å². The van der Waals surface area contributed by atoms with Gasteiger partial charge in [-0.25, -0.2) is 4.79 Å². The molecular weight excluding hydrogens is 256 g/mol. The highest BCUT2D eigenvalue weighted by atomic mass is 16.2. The molecule has 3 heterocycles. The van der Waals surface area contributed by atoms with Crippen LogP contribution in [-0.4, -0.2) is 40.5 Å². The first-order valence-electron chi connectivity index (χ1n) is 6.85. The Morgan fingerprint density at radius 1 is 1.35 bits per heavy atom. The van der Waals surface area contributed by atoms with Crippen molar-refractivity contribution in [3.8, 4) is 0 Å². The minimum Gasteiger partial charge on any atom is -0.323 e. The normalized spacial score (nSPS) is 21.9. The number of amides is 3. The first kappa shape index (κ1) is 13.1. The van der Waals surface area contributed by atoms with Crippen LogP contribution in [0, 0.1) is 6.92 Å². The molecule has 0 aliphatic carbocycles. The Kier molecular flexibility index (Phi) is 3.17. The molecule has 0 radical (unpaired) electrons. The maximum absolute atomic E-state index is 11.9. The molecular formula is C14H18N4O2. The van der Waals surface area contributed by atoms with Crippen LogP contribution in [0.1, 0.15) is 24.1 Å². The highest BCUT2D eigenvalue weighted by Crippen LogP contribution is 2.26. The molecule has 6 heteroatoms. The monoisotopic (exact) mass is 274 g/mol. The van der Waals surface area contributed by atoms with Crippen LogP contribution in [0.2, 0.25) is 0 Å². The lowest BCUT2D eigenvalue weighted by Crippen LogP contribution is -2.54. The molecule has 2 saturated heterocycles. The highest BCUT2D eigenvalue weighted by molar-refractivity contribution is 6.07. The van der Waals surface area contributed by atoms with Gasteiger partial charge in [0.05, 0.1) is 5.69 Å². The van der Waals surface area contributed by atoms with Crippen molar-refractivity contribution in [3.05, 3.63) is 29.6 Å². The van der Waals surface area contributed by atoms with Crippen LogP contribution >= 0.6 is 0 Å². The van der Waals surface area contributed by atoms with Crippen molar-refractivity contribution < 1.29 is 9.59 Å². The molecule has 2 aliphatic rings. The predicted octanol–water partition coefficient (Wildman–Crippen LogP) is 0.564. The van der Waals surface area contributed by atoms with E-state index in [4.69, 9.17) is 0 Å². The molecule has 0 aromatic carbocycles. The summed E-state index contributed by atoms with van der Waals surface area (Å²) >= 11 is 0. The summed E-state index contributed by atoms with van der Waals surface area (Å²) < 4.78 is 0. The molecule has 2 N–H and O–H groups in total. The van der Waals surface area contributed by atoms with Crippen molar-refractivity contribution in [2.45, 2.75) is 31.8 Å².